The van der Waals surface area contributed by atoms with Crippen LogP contribution in [-0.2, 0) is 6.54 Å². The summed E-state index contributed by atoms with van der Waals surface area (Å²) in [4.78, 5) is 2.46. The molecule has 0 aliphatic carbocycles. The fourth-order valence-electron chi connectivity index (χ4n) is 2.73. The molecule has 20 heavy (non-hydrogen) atoms. The maximum Gasteiger partial charge on any atom is 0.123 e. The second kappa shape index (κ2) is 8.25. The minimum atomic E-state index is -0.159. The van der Waals surface area contributed by atoms with E-state index in [9.17, 15) is 4.39 Å². The lowest BCUT2D eigenvalue weighted by molar-refractivity contribution is 0.505. The summed E-state index contributed by atoms with van der Waals surface area (Å²) in [6.07, 6.45) is 2.22. The zero-order valence-corrected chi connectivity index (χ0v) is 13.5. The van der Waals surface area contributed by atoms with Gasteiger partial charge < -0.3 is 10.2 Å². The molecule has 2 nitrogen and oxygen atoms in total. The van der Waals surface area contributed by atoms with E-state index in [-0.39, 0.29) is 5.82 Å². The van der Waals surface area contributed by atoms with Crippen molar-refractivity contribution in [3.05, 3.63) is 29.6 Å². The van der Waals surface area contributed by atoms with Gasteiger partial charge in [-0.25, -0.2) is 4.39 Å². The Hall–Kier alpha value is -1.09. The molecule has 3 heteroatoms. The van der Waals surface area contributed by atoms with Gasteiger partial charge in [0.25, 0.3) is 0 Å². The molecular weight excluding hydrogens is 251 g/mol. The third-order valence-corrected chi connectivity index (χ3v) is 3.66. The molecule has 1 aromatic rings. The lowest BCUT2D eigenvalue weighted by Crippen LogP contribution is -2.38. The molecule has 1 rings (SSSR count). The topological polar surface area (TPSA) is 15.3 Å². The number of hydrogen-bond acceptors (Lipinski definition) is 2. The highest BCUT2D eigenvalue weighted by Gasteiger charge is 2.19. The van der Waals surface area contributed by atoms with Crippen LogP contribution in [0.15, 0.2) is 18.2 Å². The molecule has 0 spiro atoms. The number of nitrogens with zero attached hydrogens (tertiary/aromatic N) is 1. The first-order valence-corrected chi connectivity index (χ1v) is 7.73. The van der Waals surface area contributed by atoms with E-state index >= 15 is 0 Å². The maximum atomic E-state index is 13.5. The van der Waals surface area contributed by atoms with E-state index in [1.807, 2.05) is 13.1 Å². The monoisotopic (exact) mass is 280 g/mol. The van der Waals surface area contributed by atoms with Crippen molar-refractivity contribution in [3.63, 3.8) is 0 Å². The highest BCUT2D eigenvalue weighted by Crippen LogP contribution is 2.27. The largest absolute Gasteiger partial charge is 0.368 e. The molecular formula is C17H29FN2. The Morgan fingerprint density at radius 1 is 1.20 bits per heavy atom. The number of nitrogens with one attached hydrogen (secondary N) is 1. The van der Waals surface area contributed by atoms with Crippen molar-refractivity contribution in [2.45, 2.75) is 53.1 Å². The predicted octanol–water partition coefficient (Wildman–Crippen LogP) is 4.20. The van der Waals surface area contributed by atoms with Gasteiger partial charge in [-0.05, 0) is 49.6 Å². The summed E-state index contributed by atoms with van der Waals surface area (Å²) in [5, 5.41) is 3.14. The molecule has 0 heterocycles. The van der Waals surface area contributed by atoms with Gasteiger partial charge in [0.05, 0.1) is 0 Å². The van der Waals surface area contributed by atoms with Crippen molar-refractivity contribution in [1.82, 2.24) is 5.32 Å². The summed E-state index contributed by atoms with van der Waals surface area (Å²) in [5.41, 5.74) is 2.21. The molecule has 0 aliphatic rings. The number of halogens is 1. The molecule has 0 fully saturated rings. The van der Waals surface area contributed by atoms with Crippen molar-refractivity contribution in [1.29, 1.82) is 0 Å². The molecule has 0 saturated heterocycles. The first-order chi connectivity index (χ1) is 9.53. The lowest BCUT2D eigenvalue weighted by Gasteiger charge is -2.35. The Morgan fingerprint density at radius 3 is 2.35 bits per heavy atom. The summed E-state index contributed by atoms with van der Waals surface area (Å²) < 4.78 is 13.5. The van der Waals surface area contributed by atoms with Gasteiger partial charge in [0.1, 0.15) is 5.82 Å². The van der Waals surface area contributed by atoms with Gasteiger partial charge in [-0.1, -0.05) is 27.7 Å². The number of hydrogen-bond donors (Lipinski definition) is 1. The molecule has 0 saturated carbocycles. The average molecular weight is 280 g/mol. The standard InChI is InChI=1S/C17H29FN2/c1-6-16(7-2)20(12-13(3)4)17-9-8-15(18)10-14(17)11-19-5/h8-10,13,16,19H,6-7,11-12H2,1-5H3. The third-order valence-electron chi connectivity index (χ3n) is 3.66. The normalized spacial score (nSPS) is 11.4. The fraction of sp³-hybridized carbons (Fsp3) is 0.647. The van der Waals surface area contributed by atoms with Crippen LogP contribution in [0.25, 0.3) is 0 Å². The molecule has 1 aromatic carbocycles. The zero-order valence-electron chi connectivity index (χ0n) is 13.5. The number of anilines is 1. The van der Waals surface area contributed by atoms with Crippen LogP contribution in [0.5, 0.6) is 0 Å². The van der Waals surface area contributed by atoms with E-state index in [0.29, 0.717) is 18.5 Å². The van der Waals surface area contributed by atoms with Crippen molar-refractivity contribution >= 4 is 5.69 Å². The Morgan fingerprint density at radius 2 is 1.85 bits per heavy atom. The number of benzene rings is 1. The predicted molar refractivity (Wildman–Crippen MR) is 85.7 cm³/mol. The SMILES string of the molecule is CCC(CC)N(CC(C)C)c1ccc(F)cc1CNC. The molecule has 1 N–H and O–H groups in total. The van der Waals surface area contributed by atoms with Crippen LogP contribution < -0.4 is 10.2 Å². The van der Waals surface area contributed by atoms with Gasteiger partial charge in [-0.15, -0.1) is 0 Å². The molecule has 0 bridgehead atoms. The van der Waals surface area contributed by atoms with Crippen molar-refractivity contribution < 1.29 is 4.39 Å². The van der Waals surface area contributed by atoms with Crippen molar-refractivity contribution in [3.8, 4) is 0 Å². The van der Waals surface area contributed by atoms with E-state index < -0.39 is 0 Å². The van der Waals surface area contributed by atoms with Crippen LogP contribution >= 0.6 is 0 Å². The second-order valence-corrected chi connectivity index (χ2v) is 5.82. The summed E-state index contributed by atoms with van der Waals surface area (Å²) in [6, 6.07) is 5.67. The molecule has 0 amide bonds. The first kappa shape index (κ1) is 17.0. The van der Waals surface area contributed by atoms with Crippen LogP contribution in [-0.4, -0.2) is 19.6 Å². The quantitative estimate of drug-likeness (QED) is 0.768. The fourth-order valence-corrected chi connectivity index (χ4v) is 2.73. The smallest absolute Gasteiger partial charge is 0.123 e. The summed E-state index contributed by atoms with van der Waals surface area (Å²) in [6.45, 7) is 10.6. The summed E-state index contributed by atoms with van der Waals surface area (Å²) in [7, 11) is 1.90. The van der Waals surface area contributed by atoms with Crippen LogP contribution in [0.4, 0.5) is 10.1 Å². The molecule has 0 aromatic heterocycles. The zero-order chi connectivity index (χ0) is 15.1. The molecule has 0 radical (unpaired) electrons. The average Bonchev–Trinajstić information content (AvgIpc) is 2.39. The maximum absolute atomic E-state index is 13.5. The van der Waals surface area contributed by atoms with Crippen LogP contribution in [0, 0.1) is 11.7 Å². The van der Waals surface area contributed by atoms with Gasteiger partial charge in [-0.2, -0.15) is 0 Å². The van der Waals surface area contributed by atoms with Crippen LogP contribution in [0.1, 0.15) is 46.1 Å². The van der Waals surface area contributed by atoms with Gasteiger partial charge >= 0.3 is 0 Å². The van der Waals surface area contributed by atoms with E-state index in [2.05, 4.69) is 37.9 Å². The molecule has 0 aliphatic heterocycles. The second-order valence-electron chi connectivity index (χ2n) is 5.82. The van der Waals surface area contributed by atoms with E-state index in [4.69, 9.17) is 0 Å². The third kappa shape index (κ3) is 4.48. The molecule has 0 unspecified atom stereocenters. The Balaban J connectivity index is 3.17. The lowest BCUT2D eigenvalue weighted by atomic mass is 10.0. The summed E-state index contributed by atoms with van der Waals surface area (Å²) in [5.74, 6) is 0.427. The van der Waals surface area contributed by atoms with Gasteiger partial charge in [0.15, 0.2) is 0 Å². The Kier molecular flexibility index (Phi) is 7.00. The Bertz CT molecular complexity index is 400. The minimum Gasteiger partial charge on any atom is -0.368 e. The highest BCUT2D eigenvalue weighted by molar-refractivity contribution is 5.54. The molecule has 0 atom stereocenters. The first-order valence-electron chi connectivity index (χ1n) is 7.73. The van der Waals surface area contributed by atoms with Gasteiger partial charge in [0, 0.05) is 24.8 Å². The van der Waals surface area contributed by atoms with Crippen LogP contribution in [0.2, 0.25) is 0 Å². The Labute approximate surface area is 123 Å². The van der Waals surface area contributed by atoms with E-state index in [0.717, 1.165) is 24.9 Å². The summed E-state index contributed by atoms with van der Waals surface area (Å²) >= 11 is 0. The van der Waals surface area contributed by atoms with Crippen molar-refractivity contribution in [2.24, 2.45) is 5.92 Å². The van der Waals surface area contributed by atoms with Crippen molar-refractivity contribution in [2.75, 3.05) is 18.5 Å². The minimum absolute atomic E-state index is 0.159. The molecule has 114 valence electrons. The van der Waals surface area contributed by atoms with Gasteiger partial charge in [0.2, 0.25) is 0 Å². The van der Waals surface area contributed by atoms with Gasteiger partial charge in [-0.3, -0.25) is 0 Å². The highest BCUT2D eigenvalue weighted by atomic mass is 19.1. The van der Waals surface area contributed by atoms with E-state index in [1.54, 1.807) is 12.1 Å². The van der Waals surface area contributed by atoms with Crippen LogP contribution in [0.3, 0.4) is 0 Å². The number of rotatable bonds is 8. The van der Waals surface area contributed by atoms with E-state index in [1.165, 1.54) is 5.69 Å².